The zero-order valence-corrected chi connectivity index (χ0v) is 10.5. The fraction of sp³-hybridized carbons (Fsp3) is 0.800. The second-order valence-corrected chi connectivity index (χ2v) is 3.56. The summed E-state index contributed by atoms with van der Waals surface area (Å²) >= 11 is 0. The van der Waals surface area contributed by atoms with Crippen molar-refractivity contribution in [3.8, 4) is 0 Å². The molecule has 3 N–H and O–H groups in total. The van der Waals surface area contributed by atoms with Gasteiger partial charge in [0.05, 0.1) is 19.1 Å². The van der Waals surface area contributed by atoms with Crippen molar-refractivity contribution in [2.45, 2.75) is 6.92 Å². The summed E-state index contributed by atoms with van der Waals surface area (Å²) in [7, 11) is 3.12. The molecule has 1 amide bonds. The van der Waals surface area contributed by atoms with Gasteiger partial charge in [0.2, 0.25) is 5.91 Å². The van der Waals surface area contributed by atoms with Crippen LogP contribution >= 0.6 is 0 Å². The summed E-state index contributed by atoms with van der Waals surface area (Å²) in [4.78, 5) is 13.6. The molecule has 0 saturated carbocycles. The highest BCUT2D eigenvalue weighted by Gasteiger charge is 2.23. The number of rotatable bonds is 8. The maximum Gasteiger partial charge on any atom is 0.233 e. The number of nitrogens with zero attached hydrogens (tertiary/aromatic N) is 2. The van der Waals surface area contributed by atoms with E-state index in [1.807, 2.05) is 0 Å². The van der Waals surface area contributed by atoms with Gasteiger partial charge in [0.25, 0.3) is 0 Å². The second-order valence-electron chi connectivity index (χ2n) is 3.56. The topological polar surface area (TPSA) is 97.4 Å². The number of amides is 1. The van der Waals surface area contributed by atoms with Crippen molar-refractivity contribution in [3.63, 3.8) is 0 Å². The molecule has 1 atom stereocenters. The SMILES string of the molecule is COCCN(CCOC)C(=O)C(C)C(N)=NO. The molecule has 0 fully saturated rings. The zero-order valence-electron chi connectivity index (χ0n) is 10.5. The first-order valence-corrected chi connectivity index (χ1v) is 5.32. The Morgan fingerprint density at radius 1 is 1.35 bits per heavy atom. The van der Waals surface area contributed by atoms with Gasteiger partial charge in [-0.3, -0.25) is 4.79 Å². The molecule has 100 valence electrons. The monoisotopic (exact) mass is 247 g/mol. The maximum absolute atomic E-state index is 12.0. The number of carbonyl (C=O) groups is 1. The van der Waals surface area contributed by atoms with E-state index in [1.54, 1.807) is 26.0 Å². The van der Waals surface area contributed by atoms with E-state index < -0.39 is 5.92 Å². The fourth-order valence-corrected chi connectivity index (χ4v) is 1.22. The third-order valence-corrected chi connectivity index (χ3v) is 2.37. The molecule has 7 nitrogen and oxygen atoms in total. The third-order valence-electron chi connectivity index (χ3n) is 2.37. The lowest BCUT2D eigenvalue weighted by Gasteiger charge is -2.24. The number of ether oxygens (including phenoxy) is 2. The van der Waals surface area contributed by atoms with Gasteiger partial charge in [-0.2, -0.15) is 0 Å². The van der Waals surface area contributed by atoms with Gasteiger partial charge in [0, 0.05) is 27.3 Å². The Bertz CT molecular complexity index is 250. The van der Waals surface area contributed by atoms with Crippen LogP contribution < -0.4 is 5.73 Å². The van der Waals surface area contributed by atoms with Gasteiger partial charge in [0.1, 0.15) is 0 Å². The lowest BCUT2D eigenvalue weighted by Crippen LogP contribution is -2.43. The van der Waals surface area contributed by atoms with E-state index in [0.29, 0.717) is 26.3 Å². The van der Waals surface area contributed by atoms with Gasteiger partial charge in [-0.05, 0) is 6.92 Å². The summed E-state index contributed by atoms with van der Waals surface area (Å²) in [6, 6.07) is 0. The summed E-state index contributed by atoms with van der Waals surface area (Å²) in [6.07, 6.45) is 0. The Hall–Kier alpha value is -1.34. The van der Waals surface area contributed by atoms with Gasteiger partial charge >= 0.3 is 0 Å². The first-order valence-electron chi connectivity index (χ1n) is 5.32. The van der Waals surface area contributed by atoms with E-state index in [-0.39, 0.29) is 11.7 Å². The number of hydrogen-bond acceptors (Lipinski definition) is 5. The Morgan fingerprint density at radius 2 is 1.82 bits per heavy atom. The average molecular weight is 247 g/mol. The minimum Gasteiger partial charge on any atom is -0.409 e. The Morgan fingerprint density at radius 3 is 2.18 bits per heavy atom. The molecule has 0 saturated heterocycles. The molecule has 0 aromatic rings. The fourth-order valence-electron chi connectivity index (χ4n) is 1.22. The molecule has 0 heterocycles. The van der Waals surface area contributed by atoms with Crippen LogP contribution in [0.15, 0.2) is 5.16 Å². The van der Waals surface area contributed by atoms with Gasteiger partial charge in [-0.25, -0.2) is 0 Å². The Kier molecular flexibility index (Phi) is 8.08. The smallest absolute Gasteiger partial charge is 0.233 e. The van der Waals surface area contributed by atoms with Crippen LogP contribution in [-0.4, -0.2) is 62.4 Å². The quantitative estimate of drug-likeness (QED) is 0.260. The predicted octanol–water partition coefficient (Wildman–Crippen LogP) is -0.510. The Labute approximate surface area is 101 Å². The molecule has 1 unspecified atom stereocenters. The van der Waals surface area contributed by atoms with Crippen molar-refractivity contribution in [2.75, 3.05) is 40.5 Å². The van der Waals surface area contributed by atoms with Crippen LogP contribution in [0.2, 0.25) is 0 Å². The van der Waals surface area contributed by atoms with Gasteiger partial charge in [-0.15, -0.1) is 0 Å². The molecule has 0 aliphatic heterocycles. The van der Waals surface area contributed by atoms with Gasteiger partial charge in [0.15, 0.2) is 5.84 Å². The minimum atomic E-state index is -0.659. The second kappa shape index (κ2) is 8.77. The van der Waals surface area contributed by atoms with E-state index in [4.69, 9.17) is 20.4 Å². The molecule has 0 rings (SSSR count). The molecule has 0 aliphatic carbocycles. The van der Waals surface area contributed by atoms with Crippen LogP contribution in [0.3, 0.4) is 0 Å². The van der Waals surface area contributed by atoms with E-state index in [1.165, 1.54) is 0 Å². The summed E-state index contributed by atoms with van der Waals surface area (Å²) in [5.41, 5.74) is 5.40. The molecular formula is C10H21N3O4. The predicted molar refractivity (Wildman–Crippen MR) is 62.9 cm³/mol. The number of hydrogen-bond donors (Lipinski definition) is 2. The molecule has 0 spiro atoms. The average Bonchev–Trinajstić information content (AvgIpc) is 2.36. The zero-order chi connectivity index (χ0) is 13.3. The molecule has 0 radical (unpaired) electrons. The van der Waals surface area contributed by atoms with E-state index >= 15 is 0 Å². The summed E-state index contributed by atoms with van der Waals surface area (Å²) in [5, 5.41) is 11.4. The number of oxime groups is 1. The van der Waals surface area contributed by atoms with Crippen LogP contribution in [0.5, 0.6) is 0 Å². The van der Waals surface area contributed by atoms with Crippen LogP contribution in [-0.2, 0) is 14.3 Å². The number of methoxy groups -OCH3 is 2. The first kappa shape index (κ1) is 15.7. The highest BCUT2D eigenvalue weighted by Crippen LogP contribution is 2.03. The summed E-state index contributed by atoms with van der Waals surface area (Å²) in [5.74, 6) is -0.974. The van der Waals surface area contributed by atoms with Crippen LogP contribution in [0.1, 0.15) is 6.92 Å². The standard InChI is InChI=1S/C10H21N3O4/c1-8(9(11)12-15)10(14)13(4-6-16-2)5-7-17-3/h8,15H,4-7H2,1-3H3,(H2,11,12). The molecule has 0 aromatic heterocycles. The molecule has 0 bridgehead atoms. The van der Waals surface area contributed by atoms with E-state index in [0.717, 1.165) is 0 Å². The maximum atomic E-state index is 12.0. The largest absolute Gasteiger partial charge is 0.409 e. The van der Waals surface area contributed by atoms with Crippen molar-refractivity contribution >= 4 is 11.7 Å². The number of nitrogens with two attached hydrogens (primary N) is 1. The van der Waals surface area contributed by atoms with Crippen molar-refractivity contribution in [2.24, 2.45) is 16.8 Å². The number of carbonyl (C=O) groups excluding carboxylic acids is 1. The molecule has 17 heavy (non-hydrogen) atoms. The molecule has 7 heteroatoms. The van der Waals surface area contributed by atoms with Gasteiger partial charge < -0.3 is 25.3 Å². The van der Waals surface area contributed by atoms with Crippen molar-refractivity contribution in [1.29, 1.82) is 0 Å². The third kappa shape index (κ3) is 5.50. The lowest BCUT2D eigenvalue weighted by molar-refractivity contribution is -0.134. The van der Waals surface area contributed by atoms with E-state index in [2.05, 4.69) is 5.16 Å². The summed E-state index contributed by atoms with van der Waals surface area (Å²) in [6.45, 7) is 3.34. The number of amidine groups is 1. The van der Waals surface area contributed by atoms with Crippen LogP contribution in [0, 0.1) is 5.92 Å². The van der Waals surface area contributed by atoms with Gasteiger partial charge in [-0.1, -0.05) is 5.16 Å². The van der Waals surface area contributed by atoms with Crippen LogP contribution in [0.25, 0.3) is 0 Å². The molecule has 0 aromatic carbocycles. The lowest BCUT2D eigenvalue weighted by atomic mass is 10.1. The summed E-state index contributed by atoms with van der Waals surface area (Å²) < 4.78 is 9.85. The van der Waals surface area contributed by atoms with Crippen LogP contribution in [0.4, 0.5) is 0 Å². The normalized spacial score (nSPS) is 13.5. The van der Waals surface area contributed by atoms with Crippen molar-refractivity contribution in [3.05, 3.63) is 0 Å². The molecule has 0 aliphatic rings. The minimum absolute atomic E-state index is 0.102. The first-order chi connectivity index (χ1) is 8.08. The van der Waals surface area contributed by atoms with E-state index in [9.17, 15) is 4.79 Å². The van der Waals surface area contributed by atoms with Crippen molar-refractivity contribution in [1.82, 2.24) is 4.90 Å². The van der Waals surface area contributed by atoms with Crippen molar-refractivity contribution < 1.29 is 19.5 Å². The highest BCUT2D eigenvalue weighted by atomic mass is 16.5. The molecular weight excluding hydrogens is 226 g/mol. The highest BCUT2D eigenvalue weighted by molar-refractivity contribution is 6.01. The Balaban J connectivity index is 4.49.